The molecule has 2 amide bonds. The summed E-state index contributed by atoms with van der Waals surface area (Å²) in [7, 11) is -3.80. The summed E-state index contributed by atoms with van der Waals surface area (Å²) in [4.78, 5) is 28.5. The number of nitrogens with zero attached hydrogens (tertiary/aromatic N) is 4. The summed E-state index contributed by atoms with van der Waals surface area (Å²) in [6, 6.07) is 7.70. The molecule has 1 aromatic rings. The minimum Gasteiger partial charge on any atom is -0.353 e. The fourth-order valence-corrected chi connectivity index (χ4v) is 5.57. The third-order valence-electron chi connectivity index (χ3n) is 5.55. The maximum atomic E-state index is 12.9. The van der Waals surface area contributed by atoms with Crippen LogP contribution in [-0.4, -0.2) is 86.2 Å². The summed E-state index contributed by atoms with van der Waals surface area (Å²) in [5, 5.41) is 12.1. The van der Waals surface area contributed by atoms with E-state index in [1.807, 2.05) is 24.8 Å². The normalized spacial score (nSPS) is 21.3. The number of nitrogens with one attached hydrogen (secondary N) is 1. The van der Waals surface area contributed by atoms with Crippen LogP contribution in [0, 0.1) is 17.2 Å². The van der Waals surface area contributed by atoms with Crippen molar-refractivity contribution in [3.63, 3.8) is 0 Å². The molecule has 0 radical (unpaired) electrons. The smallest absolute Gasteiger partial charge is 0.244 e. The number of sulfonamides is 1. The highest BCUT2D eigenvalue weighted by molar-refractivity contribution is 7.89. The molecule has 0 bridgehead atoms. The summed E-state index contributed by atoms with van der Waals surface area (Å²) < 4.78 is 27.2. The standard InChI is InChI=1S/C20H27N5O4S/c1-15(2)19-20(27)22-7-8-24(19)14-18(26)23-9-11-25(12-10-23)30(28,29)17-6-4-3-5-16(17)13-21/h3-6,15,19H,7-12,14H2,1-2H3,(H,22,27). The van der Waals surface area contributed by atoms with E-state index in [0.717, 1.165) is 0 Å². The highest BCUT2D eigenvalue weighted by Crippen LogP contribution is 2.21. The van der Waals surface area contributed by atoms with Crippen LogP contribution in [0.25, 0.3) is 0 Å². The molecule has 1 unspecified atom stereocenters. The van der Waals surface area contributed by atoms with Crippen molar-refractivity contribution in [1.29, 1.82) is 5.26 Å². The Hall–Kier alpha value is -2.48. The lowest BCUT2D eigenvalue weighted by Crippen LogP contribution is -2.60. The third-order valence-corrected chi connectivity index (χ3v) is 7.50. The average Bonchev–Trinajstić information content (AvgIpc) is 2.73. The van der Waals surface area contributed by atoms with Gasteiger partial charge in [0.1, 0.15) is 6.07 Å². The third kappa shape index (κ3) is 4.48. The van der Waals surface area contributed by atoms with Crippen LogP contribution in [0.4, 0.5) is 0 Å². The fourth-order valence-electron chi connectivity index (χ4n) is 4.01. The number of amides is 2. The van der Waals surface area contributed by atoms with Gasteiger partial charge in [0.2, 0.25) is 21.8 Å². The molecule has 2 fully saturated rings. The molecular formula is C20H27N5O4S. The Balaban J connectivity index is 1.63. The number of rotatable bonds is 5. The maximum Gasteiger partial charge on any atom is 0.244 e. The number of carbonyl (C=O) groups is 2. The van der Waals surface area contributed by atoms with E-state index >= 15 is 0 Å². The minimum atomic E-state index is -3.80. The lowest BCUT2D eigenvalue weighted by molar-refractivity contribution is -0.138. The van der Waals surface area contributed by atoms with Gasteiger partial charge in [0.05, 0.1) is 23.0 Å². The van der Waals surface area contributed by atoms with E-state index in [9.17, 15) is 23.3 Å². The van der Waals surface area contributed by atoms with Gasteiger partial charge < -0.3 is 10.2 Å². The summed E-state index contributed by atoms with van der Waals surface area (Å²) in [5.74, 6) is -0.0822. The second-order valence-electron chi connectivity index (χ2n) is 7.84. The number of hydrogen-bond donors (Lipinski definition) is 1. The summed E-state index contributed by atoms with van der Waals surface area (Å²) in [6.07, 6.45) is 0. The predicted octanol–water partition coefficient (Wildman–Crippen LogP) is -0.152. The first-order valence-corrected chi connectivity index (χ1v) is 11.5. The van der Waals surface area contributed by atoms with Crippen molar-refractivity contribution in [2.75, 3.05) is 45.8 Å². The summed E-state index contributed by atoms with van der Waals surface area (Å²) >= 11 is 0. The first kappa shape index (κ1) is 22.2. The zero-order valence-corrected chi connectivity index (χ0v) is 18.1. The topological polar surface area (TPSA) is 114 Å². The molecule has 0 aliphatic carbocycles. The number of hydrogen-bond acceptors (Lipinski definition) is 6. The van der Waals surface area contributed by atoms with E-state index in [-0.39, 0.29) is 67.0 Å². The first-order valence-electron chi connectivity index (χ1n) is 10.0. The van der Waals surface area contributed by atoms with Crippen LogP contribution in [0.1, 0.15) is 19.4 Å². The highest BCUT2D eigenvalue weighted by atomic mass is 32.2. The molecule has 30 heavy (non-hydrogen) atoms. The zero-order valence-electron chi connectivity index (χ0n) is 17.2. The number of carbonyl (C=O) groups excluding carboxylic acids is 2. The molecule has 2 heterocycles. The molecule has 162 valence electrons. The predicted molar refractivity (Wildman–Crippen MR) is 110 cm³/mol. The second-order valence-corrected chi connectivity index (χ2v) is 9.75. The Kier molecular flexibility index (Phi) is 6.75. The van der Waals surface area contributed by atoms with Crippen molar-refractivity contribution < 1.29 is 18.0 Å². The average molecular weight is 434 g/mol. The van der Waals surface area contributed by atoms with Crippen LogP contribution in [0.2, 0.25) is 0 Å². The Morgan fingerprint density at radius 3 is 2.50 bits per heavy atom. The van der Waals surface area contributed by atoms with Crippen LogP contribution in [-0.2, 0) is 19.6 Å². The summed E-state index contributed by atoms with van der Waals surface area (Å²) in [6.45, 7) is 6.06. The van der Waals surface area contributed by atoms with Crippen LogP contribution in [0.5, 0.6) is 0 Å². The lowest BCUT2D eigenvalue weighted by Gasteiger charge is -2.39. The minimum absolute atomic E-state index is 0.00798. The van der Waals surface area contributed by atoms with Crippen molar-refractivity contribution >= 4 is 21.8 Å². The molecule has 1 atom stereocenters. The molecule has 3 rings (SSSR count). The van der Waals surface area contributed by atoms with Crippen LogP contribution < -0.4 is 5.32 Å². The van der Waals surface area contributed by atoms with Gasteiger partial charge in [-0.05, 0) is 18.1 Å². The van der Waals surface area contributed by atoms with E-state index in [4.69, 9.17) is 0 Å². The van der Waals surface area contributed by atoms with Crippen molar-refractivity contribution in [2.24, 2.45) is 5.92 Å². The molecule has 2 aliphatic rings. The van der Waals surface area contributed by atoms with Crippen LogP contribution in [0.15, 0.2) is 29.2 Å². The number of benzene rings is 1. The molecule has 0 saturated carbocycles. The molecule has 9 nitrogen and oxygen atoms in total. The maximum absolute atomic E-state index is 12.9. The van der Waals surface area contributed by atoms with Gasteiger partial charge in [-0.15, -0.1) is 0 Å². The van der Waals surface area contributed by atoms with E-state index < -0.39 is 10.0 Å². The van der Waals surface area contributed by atoms with Gasteiger partial charge in [-0.3, -0.25) is 14.5 Å². The van der Waals surface area contributed by atoms with Crippen molar-refractivity contribution in [3.8, 4) is 6.07 Å². The molecule has 1 N–H and O–H groups in total. The fraction of sp³-hybridized carbons (Fsp3) is 0.550. The largest absolute Gasteiger partial charge is 0.353 e. The number of nitriles is 1. The zero-order chi connectivity index (χ0) is 21.9. The van der Waals surface area contributed by atoms with Crippen molar-refractivity contribution in [3.05, 3.63) is 29.8 Å². The van der Waals surface area contributed by atoms with Crippen molar-refractivity contribution in [1.82, 2.24) is 19.4 Å². The van der Waals surface area contributed by atoms with Gasteiger partial charge in [0, 0.05) is 39.3 Å². The van der Waals surface area contributed by atoms with Crippen LogP contribution in [0.3, 0.4) is 0 Å². The molecule has 2 saturated heterocycles. The van der Waals surface area contributed by atoms with Gasteiger partial charge in [0.15, 0.2) is 0 Å². The van der Waals surface area contributed by atoms with Crippen molar-refractivity contribution in [2.45, 2.75) is 24.8 Å². The molecule has 1 aromatic carbocycles. The van der Waals surface area contributed by atoms with Gasteiger partial charge >= 0.3 is 0 Å². The van der Waals surface area contributed by atoms with Crippen LogP contribution >= 0.6 is 0 Å². The molecule has 10 heteroatoms. The quantitative estimate of drug-likeness (QED) is 0.691. The monoisotopic (exact) mass is 433 g/mol. The lowest BCUT2D eigenvalue weighted by atomic mass is 9.99. The van der Waals surface area contributed by atoms with Gasteiger partial charge in [-0.2, -0.15) is 9.57 Å². The van der Waals surface area contributed by atoms with Gasteiger partial charge in [-0.25, -0.2) is 8.42 Å². The van der Waals surface area contributed by atoms with E-state index in [1.54, 1.807) is 17.0 Å². The molecule has 0 aromatic heterocycles. The van der Waals surface area contributed by atoms with Gasteiger partial charge in [-0.1, -0.05) is 26.0 Å². The summed E-state index contributed by atoms with van der Waals surface area (Å²) in [5.41, 5.74) is 0.110. The molecule has 0 spiro atoms. The van der Waals surface area contributed by atoms with E-state index in [1.165, 1.54) is 16.4 Å². The van der Waals surface area contributed by atoms with E-state index in [0.29, 0.717) is 13.1 Å². The number of piperazine rings is 2. The van der Waals surface area contributed by atoms with E-state index in [2.05, 4.69) is 5.32 Å². The highest BCUT2D eigenvalue weighted by Gasteiger charge is 2.36. The molecule has 2 aliphatic heterocycles. The Morgan fingerprint density at radius 1 is 1.20 bits per heavy atom. The first-order chi connectivity index (χ1) is 14.3. The Labute approximate surface area is 177 Å². The molecular weight excluding hydrogens is 406 g/mol. The SMILES string of the molecule is CC(C)C1C(=O)NCCN1CC(=O)N1CCN(S(=O)(=O)c2ccccc2C#N)CC1. The van der Waals surface area contributed by atoms with Gasteiger partial charge in [0.25, 0.3) is 0 Å². The Bertz CT molecular complexity index is 948. The second kappa shape index (κ2) is 9.12. The Morgan fingerprint density at radius 2 is 1.87 bits per heavy atom.